The zero-order chi connectivity index (χ0) is 11.5. The molecule has 0 atom stereocenters. The third-order valence-electron chi connectivity index (χ3n) is 1.84. The molecule has 2 aromatic rings. The lowest BCUT2D eigenvalue weighted by molar-refractivity contribution is 0.102. The summed E-state index contributed by atoms with van der Waals surface area (Å²) in [6.45, 7) is 0. The highest BCUT2D eigenvalue weighted by atomic mass is 19.2. The molecule has 0 bridgehead atoms. The molecule has 0 saturated carbocycles. The van der Waals surface area contributed by atoms with Crippen LogP contribution in [0.15, 0.2) is 24.5 Å². The van der Waals surface area contributed by atoms with Crippen molar-refractivity contribution in [2.45, 2.75) is 0 Å². The van der Waals surface area contributed by atoms with E-state index in [0.717, 1.165) is 6.07 Å². The van der Waals surface area contributed by atoms with Gasteiger partial charge in [0.1, 0.15) is 6.33 Å². The maximum Gasteiger partial charge on any atom is 0.261 e. The third kappa shape index (κ3) is 1.88. The van der Waals surface area contributed by atoms with Crippen molar-refractivity contribution in [3.63, 3.8) is 0 Å². The number of amides is 1. The Morgan fingerprint density at radius 1 is 1.38 bits per heavy atom. The van der Waals surface area contributed by atoms with Gasteiger partial charge in [0.2, 0.25) is 5.95 Å². The van der Waals surface area contributed by atoms with Crippen molar-refractivity contribution in [2.24, 2.45) is 0 Å². The fraction of sp³-hybridized carbons (Fsp3) is 0. The van der Waals surface area contributed by atoms with Gasteiger partial charge in [-0.15, -0.1) is 0 Å². The van der Waals surface area contributed by atoms with Crippen LogP contribution in [0.25, 0.3) is 0 Å². The highest BCUT2D eigenvalue weighted by molar-refractivity contribution is 6.03. The number of hydrogen-bond donors (Lipinski definition) is 2. The zero-order valence-electron chi connectivity index (χ0n) is 7.87. The first-order valence-corrected chi connectivity index (χ1v) is 4.29. The molecule has 16 heavy (non-hydrogen) atoms. The van der Waals surface area contributed by atoms with Crippen LogP contribution in [0.5, 0.6) is 0 Å². The van der Waals surface area contributed by atoms with Gasteiger partial charge in [0.05, 0.1) is 5.56 Å². The molecule has 1 aromatic carbocycles. The molecule has 5 nitrogen and oxygen atoms in total. The van der Waals surface area contributed by atoms with Crippen molar-refractivity contribution in [1.82, 2.24) is 15.2 Å². The van der Waals surface area contributed by atoms with Crippen LogP contribution in [0.2, 0.25) is 0 Å². The quantitative estimate of drug-likeness (QED) is 0.808. The minimum atomic E-state index is -1.19. The van der Waals surface area contributed by atoms with E-state index in [2.05, 4.69) is 20.5 Å². The molecule has 0 radical (unpaired) electrons. The van der Waals surface area contributed by atoms with Crippen LogP contribution >= 0.6 is 0 Å². The molecule has 7 heteroatoms. The second-order valence-corrected chi connectivity index (χ2v) is 2.89. The monoisotopic (exact) mass is 224 g/mol. The Morgan fingerprint density at radius 3 is 2.88 bits per heavy atom. The number of aromatic nitrogens is 3. The number of nitrogens with zero attached hydrogens (tertiary/aromatic N) is 2. The van der Waals surface area contributed by atoms with Crippen molar-refractivity contribution in [2.75, 3.05) is 5.32 Å². The van der Waals surface area contributed by atoms with E-state index < -0.39 is 23.1 Å². The molecule has 0 fully saturated rings. The van der Waals surface area contributed by atoms with Crippen molar-refractivity contribution in [3.05, 3.63) is 41.7 Å². The number of anilines is 1. The standard InChI is InChI=1S/C9H6F2N4O/c10-6-3-1-2-5(7(6)11)8(16)14-9-12-4-13-15-9/h1-4H,(H2,12,13,14,15,16). The van der Waals surface area contributed by atoms with E-state index in [1.807, 2.05) is 0 Å². The molecular formula is C9H6F2N4O. The fourth-order valence-electron chi connectivity index (χ4n) is 1.12. The van der Waals surface area contributed by atoms with Gasteiger partial charge in [0, 0.05) is 0 Å². The Hall–Kier alpha value is -2.31. The van der Waals surface area contributed by atoms with E-state index in [1.165, 1.54) is 18.5 Å². The average Bonchev–Trinajstić information content (AvgIpc) is 2.74. The van der Waals surface area contributed by atoms with Gasteiger partial charge in [0.25, 0.3) is 5.91 Å². The topological polar surface area (TPSA) is 70.7 Å². The van der Waals surface area contributed by atoms with Gasteiger partial charge in [-0.1, -0.05) is 6.07 Å². The summed E-state index contributed by atoms with van der Waals surface area (Å²) in [6.07, 6.45) is 1.18. The number of H-pyrrole nitrogens is 1. The van der Waals surface area contributed by atoms with Crippen molar-refractivity contribution >= 4 is 11.9 Å². The third-order valence-corrected chi connectivity index (χ3v) is 1.84. The number of halogens is 2. The molecule has 0 aliphatic heterocycles. The maximum atomic E-state index is 13.2. The molecule has 0 saturated heterocycles. The van der Waals surface area contributed by atoms with Crippen molar-refractivity contribution < 1.29 is 13.6 Å². The molecule has 82 valence electrons. The molecular weight excluding hydrogens is 218 g/mol. The van der Waals surface area contributed by atoms with Gasteiger partial charge in [-0.3, -0.25) is 10.1 Å². The lowest BCUT2D eigenvalue weighted by Gasteiger charge is -2.02. The SMILES string of the molecule is O=C(Nc1ncn[nH]1)c1cccc(F)c1F. The smallest absolute Gasteiger partial charge is 0.261 e. The fourth-order valence-corrected chi connectivity index (χ4v) is 1.12. The predicted molar refractivity (Wildman–Crippen MR) is 50.7 cm³/mol. The van der Waals surface area contributed by atoms with E-state index in [9.17, 15) is 13.6 Å². The number of hydrogen-bond acceptors (Lipinski definition) is 3. The van der Waals surface area contributed by atoms with E-state index in [4.69, 9.17) is 0 Å². The van der Waals surface area contributed by atoms with Gasteiger partial charge in [-0.25, -0.2) is 13.9 Å². The van der Waals surface area contributed by atoms with Crippen LogP contribution in [-0.4, -0.2) is 21.1 Å². The summed E-state index contributed by atoms with van der Waals surface area (Å²) in [6, 6.07) is 3.35. The van der Waals surface area contributed by atoms with Gasteiger partial charge in [0.15, 0.2) is 11.6 Å². The normalized spacial score (nSPS) is 10.1. The predicted octanol–water partition coefficient (Wildman–Crippen LogP) is 1.34. The number of nitrogens with one attached hydrogen (secondary N) is 2. The van der Waals surface area contributed by atoms with E-state index in [0.29, 0.717) is 0 Å². The van der Waals surface area contributed by atoms with Gasteiger partial charge >= 0.3 is 0 Å². The van der Waals surface area contributed by atoms with E-state index in [-0.39, 0.29) is 5.95 Å². The number of benzene rings is 1. The Bertz CT molecular complexity index is 512. The van der Waals surface area contributed by atoms with Crippen molar-refractivity contribution in [3.8, 4) is 0 Å². The largest absolute Gasteiger partial charge is 0.291 e. The summed E-state index contributed by atoms with van der Waals surface area (Å²) >= 11 is 0. The molecule has 0 spiro atoms. The van der Waals surface area contributed by atoms with Crippen LogP contribution in [0, 0.1) is 11.6 Å². The Labute approximate surface area is 88.5 Å². The van der Waals surface area contributed by atoms with Crippen LogP contribution in [0.4, 0.5) is 14.7 Å². The Balaban J connectivity index is 2.24. The Morgan fingerprint density at radius 2 is 2.19 bits per heavy atom. The number of carbonyl (C=O) groups is 1. The Kier molecular flexibility index (Phi) is 2.59. The molecule has 2 N–H and O–H groups in total. The summed E-state index contributed by atoms with van der Waals surface area (Å²) in [7, 11) is 0. The van der Waals surface area contributed by atoms with Gasteiger partial charge in [-0.05, 0) is 12.1 Å². The summed E-state index contributed by atoms with van der Waals surface area (Å²) in [5.41, 5.74) is -0.392. The molecule has 0 aliphatic rings. The summed E-state index contributed by atoms with van der Waals surface area (Å²) < 4.78 is 26.0. The first-order valence-electron chi connectivity index (χ1n) is 4.29. The number of aromatic amines is 1. The highest BCUT2D eigenvalue weighted by Gasteiger charge is 2.15. The second kappa shape index (κ2) is 4.05. The number of carbonyl (C=O) groups excluding carboxylic acids is 1. The zero-order valence-corrected chi connectivity index (χ0v) is 7.87. The van der Waals surface area contributed by atoms with Crippen molar-refractivity contribution in [1.29, 1.82) is 0 Å². The summed E-state index contributed by atoms with van der Waals surface area (Å²) in [5, 5.41) is 8.08. The first-order chi connectivity index (χ1) is 7.68. The van der Waals surface area contributed by atoms with Crippen LogP contribution in [0.1, 0.15) is 10.4 Å². The van der Waals surface area contributed by atoms with Crippen LogP contribution < -0.4 is 5.32 Å². The summed E-state index contributed by atoms with van der Waals surface area (Å²) in [4.78, 5) is 15.1. The van der Waals surface area contributed by atoms with E-state index >= 15 is 0 Å². The summed E-state index contributed by atoms with van der Waals surface area (Å²) in [5.74, 6) is -3.01. The molecule has 1 heterocycles. The van der Waals surface area contributed by atoms with E-state index in [1.54, 1.807) is 0 Å². The minimum Gasteiger partial charge on any atom is -0.291 e. The van der Waals surface area contributed by atoms with Gasteiger partial charge < -0.3 is 0 Å². The first kappa shape index (κ1) is 10.2. The maximum absolute atomic E-state index is 13.2. The second-order valence-electron chi connectivity index (χ2n) is 2.89. The minimum absolute atomic E-state index is 0.0636. The lowest BCUT2D eigenvalue weighted by atomic mass is 10.2. The number of rotatable bonds is 2. The van der Waals surface area contributed by atoms with Gasteiger partial charge in [-0.2, -0.15) is 10.1 Å². The molecule has 1 aromatic heterocycles. The molecule has 1 amide bonds. The van der Waals surface area contributed by atoms with Crippen LogP contribution in [0.3, 0.4) is 0 Å². The molecule has 0 unspecified atom stereocenters. The molecule has 0 aliphatic carbocycles. The molecule has 2 rings (SSSR count). The highest BCUT2D eigenvalue weighted by Crippen LogP contribution is 2.12. The average molecular weight is 224 g/mol. The lowest BCUT2D eigenvalue weighted by Crippen LogP contribution is -2.15. The van der Waals surface area contributed by atoms with Crippen LogP contribution in [-0.2, 0) is 0 Å².